The minimum absolute atomic E-state index is 0.0663. The molecule has 2 saturated heterocycles. The van der Waals surface area contributed by atoms with E-state index in [2.05, 4.69) is 0 Å². The van der Waals surface area contributed by atoms with Crippen LogP contribution in [0.2, 0.25) is 0 Å². The normalized spacial score (nSPS) is 22.8. The number of nitrogens with zero attached hydrogens (tertiary/aromatic N) is 2. The van der Waals surface area contributed by atoms with Gasteiger partial charge in [0.05, 0.1) is 5.92 Å². The highest BCUT2D eigenvalue weighted by atomic mass is 19.1. The first-order valence-electron chi connectivity index (χ1n) is 9.99. The quantitative estimate of drug-likeness (QED) is 0.839. The number of carboxylic acid groups (broad SMARTS) is 1. The zero-order chi connectivity index (χ0) is 20.1. The Kier molecular flexibility index (Phi) is 6.65. The zero-order valence-electron chi connectivity index (χ0n) is 16.0. The maximum absolute atomic E-state index is 13.1. The first-order valence-corrected chi connectivity index (χ1v) is 9.99. The molecule has 0 saturated carbocycles. The lowest BCUT2D eigenvalue weighted by Crippen LogP contribution is -2.49. The first kappa shape index (κ1) is 20.3. The summed E-state index contributed by atoms with van der Waals surface area (Å²) in [5.41, 5.74) is 0.432. The van der Waals surface area contributed by atoms with E-state index in [0.717, 1.165) is 25.7 Å². The molecule has 1 aromatic carbocycles. The van der Waals surface area contributed by atoms with Crippen molar-refractivity contribution in [2.45, 2.75) is 38.5 Å². The smallest absolute Gasteiger partial charge is 0.303 e. The number of piperidine rings is 2. The van der Waals surface area contributed by atoms with Gasteiger partial charge in [0.1, 0.15) is 5.82 Å². The molecule has 28 heavy (non-hydrogen) atoms. The van der Waals surface area contributed by atoms with Crippen LogP contribution in [-0.2, 0) is 9.59 Å². The number of hydrogen-bond donors (Lipinski definition) is 1. The molecule has 0 aliphatic carbocycles. The van der Waals surface area contributed by atoms with E-state index in [4.69, 9.17) is 5.11 Å². The van der Waals surface area contributed by atoms with Crippen LogP contribution in [0, 0.1) is 17.7 Å². The molecule has 0 spiro atoms. The minimum atomic E-state index is -0.800. The number of carboxylic acids is 1. The van der Waals surface area contributed by atoms with Gasteiger partial charge in [-0.1, -0.05) is 0 Å². The van der Waals surface area contributed by atoms with Gasteiger partial charge in [-0.25, -0.2) is 4.39 Å². The van der Waals surface area contributed by atoms with Crippen LogP contribution in [0.5, 0.6) is 0 Å². The molecule has 2 atom stereocenters. The van der Waals surface area contributed by atoms with Crippen molar-refractivity contribution in [2.75, 3.05) is 26.2 Å². The van der Waals surface area contributed by atoms with Crippen LogP contribution in [0.3, 0.4) is 0 Å². The van der Waals surface area contributed by atoms with E-state index in [1.165, 1.54) is 24.3 Å². The van der Waals surface area contributed by atoms with Gasteiger partial charge in [0, 0.05) is 38.2 Å². The Morgan fingerprint density at radius 2 is 1.68 bits per heavy atom. The molecular formula is C21H27FN2O4. The van der Waals surface area contributed by atoms with Crippen LogP contribution in [0.15, 0.2) is 24.3 Å². The number of benzene rings is 1. The molecule has 3 rings (SSSR count). The molecule has 1 N–H and O–H groups in total. The van der Waals surface area contributed by atoms with Crippen LogP contribution in [0.25, 0.3) is 0 Å². The Morgan fingerprint density at radius 1 is 1.00 bits per heavy atom. The van der Waals surface area contributed by atoms with Crippen molar-refractivity contribution >= 4 is 17.8 Å². The Bertz CT molecular complexity index is 722. The van der Waals surface area contributed by atoms with Crippen molar-refractivity contribution in [1.29, 1.82) is 0 Å². The Labute approximate surface area is 164 Å². The lowest BCUT2D eigenvalue weighted by atomic mass is 9.90. The predicted octanol–water partition coefficient (Wildman–Crippen LogP) is 2.78. The minimum Gasteiger partial charge on any atom is -0.481 e. The summed E-state index contributed by atoms with van der Waals surface area (Å²) in [5.74, 6) is -1.28. The lowest BCUT2D eigenvalue weighted by Gasteiger charge is -2.38. The lowest BCUT2D eigenvalue weighted by molar-refractivity contribution is -0.139. The predicted molar refractivity (Wildman–Crippen MR) is 101 cm³/mol. The number of carbonyl (C=O) groups excluding carboxylic acids is 2. The van der Waals surface area contributed by atoms with Gasteiger partial charge in [0.25, 0.3) is 5.91 Å². The third-order valence-corrected chi connectivity index (χ3v) is 5.75. The van der Waals surface area contributed by atoms with E-state index in [1.807, 2.05) is 4.90 Å². The number of hydrogen-bond acceptors (Lipinski definition) is 3. The summed E-state index contributed by atoms with van der Waals surface area (Å²) < 4.78 is 13.1. The monoisotopic (exact) mass is 390 g/mol. The highest BCUT2D eigenvalue weighted by Gasteiger charge is 2.33. The fourth-order valence-corrected chi connectivity index (χ4v) is 4.22. The second-order valence-electron chi connectivity index (χ2n) is 7.82. The van der Waals surface area contributed by atoms with Crippen molar-refractivity contribution < 1.29 is 23.9 Å². The number of amides is 2. The van der Waals surface area contributed by atoms with Gasteiger partial charge < -0.3 is 14.9 Å². The summed E-state index contributed by atoms with van der Waals surface area (Å²) >= 11 is 0. The van der Waals surface area contributed by atoms with E-state index in [1.54, 1.807) is 4.90 Å². The molecule has 6 nitrogen and oxygen atoms in total. The maximum Gasteiger partial charge on any atom is 0.303 e. The van der Waals surface area contributed by atoms with E-state index in [9.17, 15) is 18.8 Å². The summed E-state index contributed by atoms with van der Waals surface area (Å²) in [6.45, 7) is 2.28. The second-order valence-corrected chi connectivity index (χ2v) is 7.82. The molecule has 2 aliphatic rings. The summed E-state index contributed by atoms with van der Waals surface area (Å²) in [6.07, 6.45) is 4.09. The molecule has 2 fully saturated rings. The zero-order valence-corrected chi connectivity index (χ0v) is 16.0. The Morgan fingerprint density at radius 3 is 2.39 bits per heavy atom. The highest BCUT2D eigenvalue weighted by Crippen LogP contribution is 2.26. The van der Waals surface area contributed by atoms with E-state index >= 15 is 0 Å². The molecule has 0 unspecified atom stereocenters. The van der Waals surface area contributed by atoms with Crippen LogP contribution >= 0.6 is 0 Å². The standard InChI is InChI=1S/C21H27FN2O4/c22-18-8-6-16(7-9-18)20(27)24-12-2-4-17(14-24)21(28)23-11-1-3-15(13-23)5-10-19(25)26/h6-9,15,17H,1-5,10-14H2,(H,25,26)/t15-,17+/m1/s1. The second kappa shape index (κ2) is 9.17. The number of aliphatic carboxylic acids is 1. The molecule has 0 bridgehead atoms. The third kappa shape index (κ3) is 5.09. The fourth-order valence-electron chi connectivity index (χ4n) is 4.22. The number of rotatable bonds is 5. The van der Waals surface area contributed by atoms with Crippen molar-refractivity contribution in [1.82, 2.24) is 9.80 Å². The first-order chi connectivity index (χ1) is 13.4. The highest BCUT2D eigenvalue weighted by molar-refractivity contribution is 5.94. The van der Waals surface area contributed by atoms with Gasteiger partial charge in [-0.3, -0.25) is 14.4 Å². The molecule has 0 radical (unpaired) electrons. The summed E-state index contributed by atoms with van der Waals surface area (Å²) in [6, 6.07) is 5.48. The SMILES string of the molecule is O=C(O)CC[C@H]1CCCN(C(=O)[C@H]2CCCN(C(=O)c3ccc(F)cc3)C2)C1. The molecule has 152 valence electrons. The van der Waals surface area contributed by atoms with Crippen LogP contribution in [0.4, 0.5) is 4.39 Å². The molecule has 2 aliphatic heterocycles. The van der Waals surface area contributed by atoms with Gasteiger partial charge in [0.15, 0.2) is 0 Å². The van der Waals surface area contributed by atoms with Gasteiger partial charge >= 0.3 is 5.97 Å². The maximum atomic E-state index is 13.1. The average Bonchev–Trinajstić information content (AvgIpc) is 2.72. The van der Waals surface area contributed by atoms with Crippen molar-refractivity contribution in [2.24, 2.45) is 11.8 Å². The molecule has 2 amide bonds. The van der Waals surface area contributed by atoms with Crippen LogP contribution in [0.1, 0.15) is 48.9 Å². The summed E-state index contributed by atoms with van der Waals surface area (Å²) in [4.78, 5) is 40.0. The van der Waals surface area contributed by atoms with Gasteiger partial charge in [-0.2, -0.15) is 0 Å². The van der Waals surface area contributed by atoms with Crippen molar-refractivity contribution in [3.8, 4) is 0 Å². The number of halogens is 1. The largest absolute Gasteiger partial charge is 0.481 e. The van der Waals surface area contributed by atoms with Crippen LogP contribution < -0.4 is 0 Å². The summed E-state index contributed by atoms with van der Waals surface area (Å²) in [5, 5.41) is 8.87. The van der Waals surface area contributed by atoms with E-state index in [-0.39, 0.29) is 35.9 Å². The van der Waals surface area contributed by atoms with Crippen LogP contribution in [-0.4, -0.2) is 58.9 Å². The third-order valence-electron chi connectivity index (χ3n) is 5.75. The number of carbonyl (C=O) groups is 3. The Balaban J connectivity index is 1.58. The Hall–Kier alpha value is -2.44. The number of likely N-dealkylation sites (tertiary alicyclic amines) is 2. The molecule has 1 aromatic rings. The van der Waals surface area contributed by atoms with E-state index in [0.29, 0.717) is 38.2 Å². The van der Waals surface area contributed by atoms with Crippen molar-refractivity contribution in [3.63, 3.8) is 0 Å². The van der Waals surface area contributed by atoms with Crippen molar-refractivity contribution in [3.05, 3.63) is 35.6 Å². The molecule has 2 heterocycles. The van der Waals surface area contributed by atoms with Gasteiger partial charge in [-0.05, 0) is 62.3 Å². The van der Waals surface area contributed by atoms with Gasteiger partial charge in [0.2, 0.25) is 5.91 Å². The average molecular weight is 390 g/mol. The fraction of sp³-hybridized carbons (Fsp3) is 0.571. The van der Waals surface area contributed by atoms with Gasteiger partial charge in [-0.15, -0.1) is 0 Å². The molecule has 7 heteroatoms. The van der Waals surface area contributed by atoms with E-state index < -0.39 is 5.97 Å². The molecular weight excluding hydrogens is 363 g/mol. The topological polar surface area (TPSA) is 77.9 Å². The summed E-state index contributed by atoms with van der Waals surface area (Å²) in [7, 11) is 0. The molecule has 0 aromatic heterocycles.